The molecule has 96 valence electrons. The fraction of sp³-hybridized carbons (Fsp3) is 0.556. The molecule has 1 rings (SSSR count). The predicted molar refractivity (Wildman–Crippen MR) is 52.4 cm³/mol. The van der Waals surface area contributed by atoms with Gasteiger partial charge in [-0.05, 0) is 0 Å². The van der Waals surface area contributed by atoms with E-state index in [4.69, 9.17) is 8.48 Å². The maximum absolute atomic E-state index is 12.7. The summed E-state index contributed by atoms with van der Waals surface area (Å²) >= 11 is 0. The molecule has 2 N–H and O–H groups in total. The Bertz CT molecular complexity index is 462. The van der Waals surface area contributed by atoms with E-state index in [0.29, 0.717) is 0 Å². The van der Waals surface area contributed by atoms with Gasteiger partial charge >= 0.3 is 0 Å². The highest BCUT2D eigenvalue weighted by molar-refractivity contribution is 5.36. The molecular weight excluding hydrogens is 242 g/mol. The number of hydrogen-bond donors (Lipinski definition) is 1. The van der Waals surface area contributed by atoms with Gasteiger partial charge in [-0.3, -0.25) is 0 Å². The van der Waals surface area contributed by atoms with Crippen molar-refractivity contribution in [3.05, 3.63) is 11.3 Å². The lowest BCUT2D eigenvalue weighted by Gasteiger charge is -2.12. The first kappa shape index (κ1) is 10.5. The number of nitrogens with two attached hydrogens (primary N) is 1. The first-order valence-electron chi connectivity index (χ1n) is 5.47. The Morgan fingerprint density at radius 3 is 2.29 bits per heavy atom. The van der Waals surface area contributed by atoms with E-state index in [-0.39, 0.29) is 0 Å². The van der Waals surface area contributed by atoms with Crippen molar-refractivity contribution in [1.29, 1.82) is 0 Å². The fourth-order valence-electron chi connectivity index (χ4n) is 1.28. The summed E-state index contributed by atoms with van der Waals surface area (Å²) in [6, 6.07) is 0. The highest BCUT2D eigenvalue weighted by atomic mass is 19.3. The first-order chi connectivity index (χ1) is 8.52. The number of hydrogen-bond acceptors (Lipinski definition) is 4. The van der Waals surface area contributed by atoms with Crippen molar-refractivity contribution in [3.8, 4) is 5.88 Å². The molecule has 8 heteroatoms. The van der Waals surface area contributed by atoms with Gasteiger partial charge in [0.15, 0.2) is 0 Å². The Morgan fingerprint density at radius 2 is 1.82 bits per heavy atom. The lowest BCUT2D eigenvalue weighted by Crippen LogP contribution is -2.13. The maximum atomic E-state index is 12.7. The number of nitrogen functional groups attached to an aromatic ring is 1. The number of methoxy groups -OCH3 is 1. The molecule has 0 radical (unpaired) electrons. The zero-order chi connectivity index (χ0) is 14.8. The van der Waals surface area contributed by atoms with E-state index in [1.165, 1.54) is 0 Å². The van der Waals surface area contributed by atoms with Crippen LogP contribution < -0.4 is 10.5 Å². The Balaban J connectivity index is 3.29. The topological polar surface area (TPSA) is 61.0 Å². The van der Waals surface area contributed by atoms with Gasteiger partial charge in [-0.2, -0.15) is 4.98 Å². The molecule has 17 heavy (non-hydrogen) atoms. The molecule has 0 bridgehead atoms. The van der Waals surface area contributed by atoms with Crippen LogP contribution >= 0.6 is 0 Å². The van der Waals surface area contributed by atoms with E-state index in [1.807, 2.05) is 0 Å². The van der Waals surface area contributed by atoms with Crippen LogP contribution in [0.2, 0.25) is 0 Å². The summed E-state index contributed by atoms with van der Waals surface area (Å²) in [6.45, 7) is 0. The molecule has 0 aromatic carbocycles. The number of halogens is 4. The lowest BCUT2D eigenvalue weighted by molar-refractivity contribution is 0.139. The second-order valence-corrected chi connectivity index (χ2v) is 3.05. The highest BCUT2D eigenvalue weighted by Crippen LogP contribution is 2.24. The van der Waals surface area contributed by atoms with E-state index < -0.39 is 48.7 Å². The molecule has 1 aromatic heterocycles. The Hall–Kier alpha value is -1.60. The second kappa shape index (κ2) is 5.65. The van der Waals surface area contributed by atoms with E-state index in [2.05, 4.69) is 14.7 Å². The molecule has 0 aliphatic heterocycles. The monoisotopic (exact) mass is 255 g/mol. The quantitative estimate of drug-likeness (QED) is 0.813. The summed E-state index contributed by atoms with van der Waals surface area (Å²) in [5.74, 6) is -0.841. The summed E-state index contributed by atoms with van der Waals surface area (Å²) in [7, 11) is 1.09. The van der Waals surface area contributed by atoms with Crippen molar-refractivity contribution < 1.29 is 25.0 Å². The zero-order valence-electron chi connectivity index (χ0n) is 10.8. The molecule has 4 nitrogen and oxygen atoms in total. The number of rotatable bonds is 5. The standard InChI is InChI=1S/C9H11F4N3O/c1-17-8-4(2-6(10)11)5(3-7(12)13)15-9(14)16-8/h6-7H,2-3H2,1H3,(H2,14,15,16)/i6D,7D. The lowest BCUT2D eigenvalue weighted by atomic mass is 10.1. The SMILES string of the molecule is [2H]C(F)(F)Cc1nc(N)nc(OC)c1CC([2H])(F)F. The highest BCUT2D eigenvalue weighted by Gasteiger charge is 2.20. The van der Waals surface area contributed by atoms with Crippen LogP contribution in [-0.2, 0) is 12.8 Å². The third-order valence-electron chi connectivity index (χ3n) is 1.88. The van der Waals surface area contributed by atoms with Crippen LogP contribution in [0.25, 0.3) is 0 Å². The predicted octanol–water partition coefficient (Wildman–Crippen LogP) is 1.68. The van der Waals surface area contributed by atoms with Gasteiger partial charge in [0.2, 0.25) is 24.6 Å². The van der Waals surface area contributed by atoms with Crippen molar-refractivity contribution >= 4 is 5.95 Å². The average Bonchev–Trinajstić information content (AvgIpc) is 2.17. The van der Waals surface area contributed by atoms with Gasteiger partial charge in [0, 0.05) is 12.0 Å². The van der Waals surface area contributed by atoms with Crippen molar-refractivity contribution in [2.24, 2.45) is 0 Å². The molecule has 0 aliphatic carbocycles. The van der Waals surface area contributed by atoms with Crippen LogP contribution in [-0.4, -0.2) is 29.9 Å². The van der Waals surface area contributed by atoms with E-state index >= 15 is 0 Å². The molecule has 0 unspecified atom stereocenters. The van der Waals surface area contributed by atoms with E-state index in [9.17, 15) is 17.6 Å². The normalized spacial score (nSPS) is 14.2. The minimum Gasteiger partial charge on any atom is -0.481 e. The minimum absolute atomic E-state index is 0.404. The van der Waals surface area contributed by atoms with Crippen molar-refractivity contribution in [1.82, 2.24) is 9.97 Å². The largest absolute Gasteiger partial charge is 0.481 e. The Kier molecular flexibility index (Phi) is 3.50. The van der Waals surface area contributed by atoms with Gasteiger partial charge in [-0.1, -0.05) is 0 Å². The average molecular weight is 255 g/mol. The number of anilines is 1. The zero-order valence-corrected chi connectivity index (χ0v) is 8.81. The van der Waals surface area contributed by atoms with Crippen molar-refractivity contribution in [2.75, 3.05) is 12.8 Å². The molecule has 0 saturated carbocycles. The van der Waals surface area contributed by atoms with Crippen LogP contribution in [0.4, 0.5) is 23.5 Å². The number of aromatic nitrogens is 2. The van der Waals surface area contributed by atoms with Gasteiger partial charge in [-0.15, -0.1) is 0 Å². The summed E-state index contributed by atoms with van der Waals surface area (Å²) in [5, 5.41) is 0. The van der Waals surface area contributed by atoms with Gasteiger partial charge < -0.3 is 10.5 Å². The van der Waals surface area contributed by atoms with Crippen LogP contribution in [0.3, 0.4) is 0 Å². The second-order valence-electron chi connectivity index (χ2n) is 3.05. The third-order valence-corrected chi connectivity index (χ3v) is 1.88. The molecule has 1 aromatic rings. The number of nitrogens with zero attached hydrogens (tertiary/aromatic N) is 2. The Labute approximate surface area is 97.6 Å². The minimum atomic E-state index is -3.90. The van der Waals surface area contributed by atoms with Crippen molar-refractivity contribution in [3.63, 3.8) is 0 Å². The Morgan fingerprint density at radius 1 is 1.24 bits per heavy atom. The van der Waals surface area contributed by atoms with Gasteiger partial charge in [-0.25, -0.2) is 22.5 Å². The molecule has 0 atom stereocenters. The van der Waals surface area contributed by atoms with E-state index in [0.717, 1.165) is 7.11 Å². The van der Waals surface area contributed by atoms with Crippen LogP contribution in [0.15, 0.2) is 0 Å². The van der Waals surface area contributed by atoms with Crippen molar-refractivity contribution in [2.45, 2.75) is 25.6 Å². The molecule has 0 spiro atoms. The number of ether oxygens (including phenoxy) is 1. The summed E-state index contributed by atoms with van der Waals surface area (Å²) in [6.07, 6.45) is -10.2. The molecule has 0 fully saturated rings. The van der Waals surface area contributed by atoms with Gasteiger partial charge in [0.1, 0.15) is 2.74 Å². The summed E-state index contributed by atoms with van der Waals surface area (Å²) < 4.78 is 68.5. The van der Waals surface area contributed by atoms with Crippen LogP contribution in [0.5, 0.6) is 5.88 Å². The van der Waals surface area contributed by atoms with Crippen LogP contribution in [0, 0.1) is 0 Å². The molecule has 0 saturated heterocycles. The summed E-state index contributed by atoms with van der Waals surface area (Å²) in [4.78, 5) is 6.91. The molecular formula is C9H11F4N3O. The third kappa shape index (κ3) is 3.72. The summed E-state index contributed by atoms with van der Waals surface area (Å²) in [5.41, 5.74) is 4.26. The number of alkyl halides is 4. The fourth-order valence-corrected chi connectivity index (χ4v) is 1.28. The van der Waals surface area contributed by atoms with E-state index in [1.54, 1.807) is 0 Å². The maximum Gasteiger partial charge on any atom is 0.244 e. The van der Waals surface area contributed by atoms with Gasteiger partial charge in [0.05, 0.1) is 19.2 Å². The first-order valence-corrected chi connectivity index (χ1v) is 4.47. The van der Waals surface area contributed by atoms with Crippen LogP contribution in [0.1, 0.15) is 14.0 Å². The smallest absolute Gasteiger partial charge is 0.244 e. The molecule has 0 aliphatic rings. The molecule has 1 heterocycles. The molecule has 0 amide bonds. The van der Waals surface area contributed by atoms with Gasteiger partial charge in [0.25, 0.3) is 0 Å².